The van der Waals surface area contributed by atoms with Crippen LogP contribution >= 0.6 is 23.2 Å². The molecule has 4 heterocycles. The summed E-state index contributed by atoms with van der Waals surface area (Å²) >= 11 is 12.7. The monoisotopic (exact) mass is 442 g/mol. The van der Waals surface area contributed by atoms with Gasteiger partial charge in [0, 0.05) is 54.8 Å². The number of rotatable bonds is 3. The summed E-state index contributed by atoms with van der Waals surface area (Å²) < 4.78 is 5.46. The highest BCUT2D eigenvalue weighted by molar-refractivity contribution is 6.37. The first kappa shape index (κ1) is 19.7. The molecule has 0 bridgehead atoms. The van der Waals surface area contributed by atoms with E-state index in [0.29, 0.717) is 39.7 Å². The molecule has 0 fully saturated rings. The van der Waals surface area contributed by atoms with Gasteiger partial charge in [0.2, 0.25) is 0 Å². The van der Waals surface area contributed by atoms with Gasteiger partial charge in [-0.25, -0.2) is 14.8 Å². The number of benzene rings is 1. The normalized spacial score (nSPS) is 17.1. The van der Waals surface area contributed by atoms with Crippen molar-refractivity contribution in [1.82, 2.24) is 14.9 Å². The molecular weight excluding hydrogens is 423 g/mol. The number of hydrogen-bond donors (Lipinski definition) is 0. The Morgan fingerprint density at radius 1 is 1.17 bits per heavy atom. The van der Waals surface area contributed by atoms with E-state index in [9.17, 15) is 4.79 Å². The third-order valence-corrected chi connectivity index (χ3v) is 6.34. The minimum Gasteiger partial charge on any atom is -0.422 e. The molecule has 0 aliphatic carbocycles. The molecule has 0 N–H and O–H groups in total. The Kier molecular flexibility index (Phi) is 5.31. The average molecular weight is 443 g/mol. The zero-order valence-corrected chi connectivity index (χ0v) is 17.8. The first-order chi connectivity index (χ1) is 14.6. The molecule has 0 saturated heterocycles. The molecule has 0 unspecified atom stereocenters. The maximum absolute atomic E-state index is 12.5. The molecule has 2 aliphatic heterocycles. The molecule has 0 spiro atoms. The highest BCUT2D eigenvalue weighted by atomic mass is 35.5. The van der Waals surface area contributed by atoms with Crippen LogP contribution < -0.4 is 5.63 Å². The second-order valence-electron chi connectivity index (χ2n) is 7.73. The van der Waals surface area contributed by atoms with Crippen LogP contribution in [0.15, 0.2) is 38.6 Å². The Hall–Kier alpha value is -2.28. The molecule has 0 saturated carbocycles. The van der Waals surface area contributed by atoms with Gasteiger partial charge in [0.05, 0.1) is 22.0 Å². The minimum absolute atomic E-state index is 0.399. The molecule has 2 aliphatic rings. The second-order valence-corrected chi connectivity index (χ2v) is 8.55. The van der Waals surface area contributed by atoms with Crippen LogP contribution in [0.4, 0.5) is 0 Å². The lowest BCUT2D eigenvalue weighted by Crippen LogP contribution is -2.33. The van der Waals surface area contributed by atoms with Gasteiger partial charge in [-0.1, -0.05) is 23.2 Å². The smallest absolute Gasteiger partial charge is 0.342 e. The summed E-state index contributed by atoms with van der Waals surface area (Å²) in [5.74, 6) is 0.761. The van der Waals surface area contributed by atoms with E-state index in [4.69, 9.17) is 32.6 Å². The molecule has 8 heteroatoms. The van der Waals surface area contributed by atoms with Crippen LogP contribution in [0.3, 0.4) is 0 Å². The Labute approximate surface area is 183 Å². The van der Waals surface area contributed by atoms with E-state index in [1.165, 1.54) is 0 Å². The topological polar surface area (TPSA) is 71.6 Å². The lowest BCUT2D eigenvalue weighted by atomic mass is 10.0. The predicted octanol–water partition coefficient (Wildman–Crippen LogP) is 4.42. The van der Waals surface area contributed by atoms with E-state index >= 15 is 0 Å². The number of aromatic nitrogens is 2. The number of nitrogens with zero attached hydrogens (tertiary/aromatic N) is 4. The molecule has 2 aromatic heterocycles. The van der Waals surface area contributed by atoms with Crippen molar-refractivity contribution in [3.63, 3.8) is 0 Å². The Balaban J connectivity index is 1.39. The largest absolute Gasteiger partial charge is 0.422 e. The summed E-state index contributed by atoms with van der Waals surface area (Å²) in [6, 6.07) is 5.06. The van der Waals surface area contributed by atoms with Crippen molar-refractivity contribution in [2.75, 3.05) is 13.1 Å². The van der Waals surface area contributed by atoms with Gasteiger partial charge in [0.1, 0.15) is 5.58 Å². The molecule has 0 amide bonds. The zero-order valence-electron chi connectivity index (χ0n) is 16.3. The van der Waals surface area contributed by atoms with Crippen LogP contribution in [0.1, 0.15) is 41.9 Å². The van der Waals surface area contributed by atoms with Gasteiger partial charge in [0.15, 0.2) is 5.82 Å². The van der Waals surface area contributed by atoms with E-state index in [-0.39, 0.29) is 0 Å². The molecule has 1 aromatic carbocycles. The standard InChI is InChI=1S/C22H20Cl2N4O2/c23-14-4-5-19-15(9-14)20(24)16(22(29)30-19)12-28-8-6-17-13(11-28)10-26-21(27-17)18-3-1-2-7-25-18/h4-5,9-10H,1-3,6-8,11-12H2. The Morgan fingerprint density at radius 2 is 2.07 bits per heavy atom. The summed E-state index contributed by atoms with van der Waals surface area (Å²) in [7, 11) is 0. The van der Waals surface area contributed by atoms with E-state index in [1.54, 1.807) is 18.2 Å². The van der Waals surface area contributed by atoms with Crippen molar-refractivity contribution in [2.45, 2.75) is 38.8 Å². The first-order valence-electron chi connectivity index (χ1n) is 10.1. The fourth-order valence-electron chi connectivity index (χ4n) is 4.06. The van der Waals surface area contributed by atoms with Crippen LogP contribution in [0.25, 0.3) is 11.0 Å². The fourth-order valence-corrected chi connectivity index (χ4v) is 4.52. The lowest BCUT2D eigenvalue weighted by molar-refractivity contribution is 0.240. The maximum atomic E-state index is 12.5. The molecular formula is C22H20Cl2N4O2. The van der Waals surface area contributed by atoms with Gasteiger partial charge in [-0.2, -0.15) is 0 Å². The van der Waals surface area contributed by atoms with Crippen molar-refractivity contribution < 1.29 is 4.42 Å². The van der Waals surface area contributed by atoms with E-state index in [2.05, 4.69) is 14.9 Å². The van der Waals surface area contributed by atoms with Crippen molar-refractivity contribution in [2.24, 2.45) is 4.99 Å². The van der Waals surface area contributed by atoms with Crippen molar-refractivity contribution >= 4 is 39.9 Å². The third-order valence-electron chi connectivity index (χ3n) is 5.67. The molecule has 0 radical (unpaired) electrons. The van der Waals surface area contributed by atoms with Gasteiger partial charge in [-0.05, 0) is 37.5 Å². The molecule has 154 valence electrons. The molecule has 30 heavy (non-hydrogen) atoms. The SMILES string of the molecule is O=c1oc2ccc(Cl)cc2c(Cl)c1CN1CCc2nc(C3=NCCCC3)ncc2C1. The summed E-state index contributed by atoms with van der Waals surface area (Å²) in [4.78, 5) is 28.6. The molecule has 5 rings (SSSR count). The molecule has 3 aromatic rings. The quantitative estimate of drug-likeness (QED) is 0.561. The Morgan fingerprint density at radius 3 is 2.90 bits per heavy atom. The average Bonchev–Trinajstić information content (AvgIpc) is 2.77. The van der Waals surface area contributed by atoms with Gasteiger partial charge in [0.25, 0.3) is 0 Å². The van der Waals surface area contributed by atoms with E-state index in [1.807, 2.05) is 6.20 Å². The van der Waals surface area contributed by atoms with Crippen LogP contribution in [0.2, 0.25) is 10.0 Å². The fraction of sp³-hybridized carbons (Fsp3) is 0.364. The second kappa shape index (κ2) is 8.10. The summed E-state index contributed by atoms with van der Waals surface area (Å²) in [5.41, 5.74) is 3.63. The number of aliphatic imine (C=N–C) groups is 1. The van der Waals surface area contributed by atoms with Gasteiger partial charge < -0.3 is 4.42 Å². The molecule has 0 atom stereocenters. The summed E-state index contributed by atoms with van der Waals surface area (Å²) in [6.07, 6.45) is 5.92. The van der Waals surface area contributed by atoms with Crippen LogP contribution in [-0.4, -0.2) is 33.7 Å². The minimum atomic E-state index is -0.414. The van der Waals surface area contributed by atoms with Crippen LogP contribution in [-0.2, 0) is 19.5 Å². The number of fused-ring (bicyclic) bond motifs is 2. The van der Waals surface area contributed by atoms with Crippen LogP contribution in [0.5, 0.6) is 0 Å². The van der Waals surface area contributed by atoms with Gasteiger partial charge in [-0.15, -0.1) is 0 Å². The van der Waals surface area contributed by atoms with Crippen molar-refractivity contribution in [1.29, 1.82) is 0 Å². The van der Waals surface area contributed by atoms with Crippen molar-refractivity contribution in [3.05, 3.63) is 67.5 Å². The summed E-state index contributed by atoms with van der Waals surface area (Å²) in [6.45, 7) is 2.70. The third kappa shape index (κ3) is 3.75. The highest BCUT2D eigenvalue weighted by Crippen LogP contribution is 2.29. The van der Waals surface area contributed by atoms with Crippen molar-refractivity contribution in [3.8, 4) is 0 Å². The zero-order chi connectivity index (χ0) is 20.7. The first-order valence-corrected chi connectivity index (χ1v) is 10.9. The summed E-state index contributed by atoms with van der Waals surface area (Å²) in [5, 5.41) is 1.60. The van der Waals surface area contributed by atoms with E-state index in [0.717, 1.165) is 61.6 Å². The number of halogens is 2. The Bertz CT molecular complexity index is 1220. The highest BCUT2D eigenvalue weighted by Gasteiger charge is 2.23. The maximum Gasteiger partial charge on any atom is 0.342 e. The predicted molar refractivity (Wildman–Crippen MR) is 118 cm³/mol. The number of hydrogen-bond acceptors (Lipinski definition) is 6. The molecule has 6 nitrogen and oxygen atoms in total. The van der Waals surface area contributed by atoms with Crippen LogP contribution in [0, 0.1) is 0 Å². The van der Waals surface area contributed by atoms with Gasteiger partial charge in [-0.3, -0.25) is 9.89 Å². The lowest BCUT2D eigenvalue weighted by Gasteiger charge is -2.28. The van der Waals surface area contributed by atoms with E-state index < -0.39 is 5.63 Å². The van der Waals surface area contributed by atoms with Gasteiger partial charge >= 0.3 is 5.63 Å².